The van der Waals surface area contributed by atoms with Crippen molar-refractivity contribution in [3.05, 3.63) is 0 Å². The summed E-state index contributed by atoms with van der Waals surface area (Å²) in [6.45, 7) is 3.54. The Bertz CT molecular complexity index is 138. The van der Waals surface area contributed by atoms with Crippen LogP contribution < -0.4 is 0 Å². The Hall–Kier alpha value is 0.310. The van der Waals surface area contributed by atoms with E-state index < -0.39 is 0 Å². The first-order valence-electron chi connectivity index (χ1n) is 5.57. The van der Waals surface area contributed by atoms with Crippen molar-refractivity contribution in [2.24, 2.45) is 5.92 Å². The van der Waals surface area contributed by atoms with Gasteiger partial charge in [-0.2, -0.15) is 12.6 Å². The number of rotatable bonds is 3. The second-order valence-electron chi connectivity index (χ2n) is 4.39. The molecule has 13 heavy (non-hydrogen) atoms. The van der Waals surface area contributed by atoms with Gasteiger partial charge in [-0.25, -0.2) is 0 Å². The Balaban J connectivity index is 2.43. The zero-order chi connectivity index (χ0) is 9.68. The highest BCUT2D eigenvalue weighted by atomic mass is 32.1. The Labute approximate surface area is 88.3 Å². The summed E-state index contributed by atoms with van der Waals surface area (Å²) in [6.07, 6.45) is 7.11. The molecule has 0 amide bonds. The fraction of sp³-hybridized carbons (Fsp3) is 1.00. The molecular weight excluding hydrogens is 178 g/mol. The highest BCUT2D eigenvalue weighted by Crippen LogP contribution is 2.26. The summed E-state index contributed by atoms with van der Waals surface area (Å²) in [6, 6.07) is 0.814. The summed E-state index contributed by atoms with van der Waals surface area (Å²) in [4.78, 5) is 2.50. The Morgan fingerprint density at radius 3 is 2.62 bits per heavy atom. The lowest BCUT2D eigenvalue weighted by atomic mass is 9.96. The molecule has 0 bridgehead atoms. The van der Waals surface area contributed by atoms with Crippen LogP contribution in [-0.2, 0) is 0 Å². The van der Waals surface area contributed by atoms with Crippen molar-refractivity contribution in [1.29, 1.82) is 0 Å². The number of nitrogens with zero attached hydrogens (tertiary/aromatic N) is 1. The van der Waals surface area contributed by atoms with Crippen molar-refractivity contribution in [2.45, 2.75) is 45.1 Å². The maximum Gasteiger partial charge on any atom is 0.0118 e. The minimum absolute atomic E-state index is 0.814. The van der Waals surface area contributed by atoms with Gasteiger partial charge in [0.1, 0.15) is 0 Å². The smallest absolute Gasteiger partial charge is 0.0118 e. The fourth-order valence-corrected chi connectivity index (χ4v) is 2.77. The molecule has 0 N–H and O–H groups in total. The van der Waals surface area contributed by atoms with Gasteiger partial charge in [0.05, 0.1) is 0 Å². The van der Waals surface area contributed by atoms with Gasteiger partial charge >= 0.3 is 0 Å². The zero-order valence-electron chi connectivity index (χ0n) is 9.00. The van der Waals surface area contributed by atoms with E-state index in [4.69, 9.17) is 0 Å². The number of thiol groups is 1. The monoisotopic (exact) mass is 201 g/mol. The van der Waals surface area contributed by atoms with E-state index in [2.05, 4.69) is 31.5 Å². The van der Waals surface area contributed by atoms with E-state index in [0.29, 0.717) is 0 Å². The van der Waals surface area contributed by atoms with E-state index in [-0.39, 0.29) is 0 Å². The lowest BCUT2D eigenvalue weighted by Gasteiger charge is -2.31. The van der Waals surface area contributed by atoms with Gasteiger partial charge in [-0.15, -0.1) is 0 Å². The van der Waals surface area contributed by atoms with Crippen molar-refractivity contribution in [3.8, 4) is 0 Å². The van der Waals surface area contributed by atoms with Crippen LogP contribution in [0, 0.1) is 5.92 Å². The molecule has 1 nitrogen and oxygen atoms in total. The third-order valence-corrected chi connectivity index (χ3v) is 3.54. The van der Waals surface area contributed by atoms with Gasteiger partial charge in [-0.1, -0.05) is 26.2 Å². The van der Waals surface area contributed by atoms with Crippen LogP contribution in [-0.4, -0.2) is 30.3 Å². The molecule has 0 radical (unpaired) electrons. The summed E-state index contributed by atoms with van der Waals surface area (Å²) < 4.78 is 0. The predicted octanol–water partition coefficient (Wildman–Crippen LogP) is 2.82. The molecule has 1 fully saturated rings. The fourth-order valence-electron chi connectivity index (χ4n) is 2.45. The predicted molar refractivity (Wildman–Crippen MR) is 62.5 cm³/mol. The van der Waals surface area contributed by atoms with E-state index in [9.17, 15) is 0 Å². The molecule has 2 atom stereocenters. The van der Waals surface area contributed by atoms with E-state index in [1.807, 2.05) is 0 Å². The van der Waals surface area contributed by atoms with Gasteiger partial charge in [-0.05, 0) is 25.8 Å². The molecule has 0 aromatic rings. The van der Waals surface area contributed by atoms with Crippen molar-refractivity contribution in [3.63, 3.8) is 0 Å². The normalized spacial score (nSPS) is 30.5. The Morgan fingerprint density at radius 1 is 1.23 bits per heavy atom. The minimum Gasteiger partial charge on any atom is -0.302 e. The summed E-state index contributed by atoms with van der Waals surface area (Å²) in [5.41, 5.74) is 0. The average Bonchev–Trinajstić information content (AvgIpc) is 2.30. The Kier molecular flexibility index (Phi) is 5.18. The number of hydrogen-bond donors (Lipinski definition) is 1. The van der Waals surface area contributed by atoms with Crippen LogP contribution in [0.3, 0.4) is 0 Å². The molecule has 78 valence electrons. The molecule has 0 spiro atoms. The molecular formula is C11H23NS. The van der Waals surface area contributed by atoms with E-state index in [1.165, 1.54) is 32.1 Å². The molecule has 0 heterocycles. The van der Waals surface area contributed by atoms with Crippen molar-refractivity contribution < 1.29 is 0 Å². The standard InChI is InChI=1S/C11H23NS/c1-10-6-4-3-5-7-11(10)12(2)8-9-13/h10-11,13H,3-9H2,1-2H3. The first-order valence-corrected chi connectivity index (χ1v) is 6.20. The molecule has 0 saturated heterocycles. The highest BCUT2D eigenvalue weighted by molar-refractivity contribution is 7.80. The van der Waals surface area contributed by atoms with Crippen LogP contribution in [0.15, 0.2) is 0 Å². The largest absolute Gasteiger partial charge is 0.302 e. The topological polar surface area (TPSA) is 3.24 Å². The molecule has 2 heteroatoms. The molecule has 0 aromatic carbocycles. The summed E-state index contributed by atoms with van der Waals surface area (Å²) in [5.74, 6) is 1.87. The van der Waals surface area contributed by atoms with Gasteiger partial charge < -0.3 is 4.90 Å². The maximum atomic E-state index is 4.29. The molecule has 1 aliphatic rings. The lowest BCUT2D eigenvalue weighted by Crippen LogP contribution is -2.37. The first kappa shape index (κ1) is 11.4. The molecule has 0 aromatic heterocycles. The SMILES string of the molecule is CC1CCCCCC1N(C)CCS. The zero-order valence-corrected chi connectivity index (χ0v) is 9.89. The van der Waals surface area contributed by atoms with E-state index in [1.54, 1.807) is 0 Å². The molecule has 1 aliphatic carbocycles. The van der Waals surface area contributed by atoms with Gasteiger partial charge in [-0.3, -0.25) is 0 Å². The van der Waals surface area contributed by atoms with E-state index in [0.717, 1.165) is 24.3 Å². The van der Waals surface area contributed by atoms with Crippen molar-refractivity contribution >= 4 is 12.6 Å². The van der Waals surface area contributed by atoms with Crippen LogP contribution in [0.25, 0.3) is 0 Å². The lowest BCUT2D eigenvalue weighted by molar-refractivity contribution is 0.183. The number of hydrogen-bond acceptors (Lipinski definition) is 2. The summed E-state index contributed by atoms with van der Waals surface area (Å²) >= 11 is 4.29. The maximum absolute atomic E-state index is 4.29. The molecule has 0 aliphatic heterocycles. The molecule has 2 unspecified atom stereocenters. The average molecular weight is 201 g/mol. The molecule has 1 rings (SSSR count). The van der Waals surface area contributed by atoms with Crippen LogP contribution in [0.1, 0.15) is 39.0 Å². The summed E-state index contributed by atoms with van der Waals surface area (Å²) in [7, 11) is 2.25. The van der Waals surface area contributed by atoms with E-state index >= 15 is 0 Å². The molecule has 1 saturated carbocycles. The van der Waals surface area contributed by atoms with Crippen molar-refractivity contribution in [1.82, 2.24) is 4.90 Å². The van der Waals surface area contributed by atoms with Gasteiger partial charge in [0, 0.05) is 18.3 Å². The first-order chi connectivity index (χ1) is 6.25. The second kappa shape index (κ2) is 5.92. The Morgan fingerprint density at radius 2 is 1.92 bits per heavy atom. The minimum atomic E-state index is 0.814. The van der Waals surface area contributed by atoms with Crippen LogP contribution in [0.5, 0.6) is 0 Å². The van der Waals surface area contributed by atoms with Gasteiger partial charge in [0.25, 0.3) is 0 Å². The van der Waals surface area contributed by atoms with Crippen LogP contribution >= 0.6 is 12.6 Å². The second-order valence-corrected chi connectivity index (χ2v) is 4.83. The van der Waals surface area contributed by atoms with Gasteiger partial charge in [0.2, 0.25) is 0 Å². The van der Waals surface area contributed by atoms with Gasteiger partial charge in [0.15, 0.2) is 0 Å². The van der Waals surface area contributed by atoms with Crippen molar-refractivity contribution in [2.75, 3.05) is 19.3 Å². The third-order valence-electron chi connectivity index (χ3n) is 3.34. The highest BCUT2D eigenvalue weighted by Gasteiger charge is 2.22. The van der Waals surface area contributed by atoms with Crippen LogP contribution in [0.2, 0.25) is 0 Å². The van der Waals surface area contributed by atoms with Crippen LogP contribution in [0.4, 0.5) is 0 Å². The summed E-state index contributed by atoms with van der Waals surface area (Å²) in [5, 5.41) is 0. The third kappa shape index (κ3) is 3.51. The quantitative estimate of drug-likeness (QED) is 0.543.